The summed E-state index contributed by atoms with van der Waals surface area (Å²) in [5.74, 6) is -0.191. The number of aryl methyl sites for hydroxylation is 1. The van der Waals surface area contributed by atoms with Gasteiger partial charge in [0.25, 0.3) is 0 Å². The van der Waals surface area contributed by atoms with Crippen LogP contribution >= 0.6 is 0 Å². The van der Waals surface area contributed by atoms with Crippen molar-refractivity contribution in [2.24, 2.45) is 7.05 Å². The first kappa shape index (κ1) is 14.3. The highest BCUT2D eigenvalue weighted by atomic mass is 16.4. The Hall–Kier alpha value is -2.12. The maximum absolute atomic E-state index is 12.0. The van der Waals surface area contributed by atoms with Gasteiger partial charge in [-0.3, -0.25) is 9.48 Å². The van der Waals surface area contributed by atoms with Gasteiger partial charge in [-0.15, -0.1) is 0 Å². The monoisotopic (exact) mass is 281 g/mol. The van der Waals surface area contributed by atoms with Gasteiger partial charge in [0.1, 0.15) is 6.33 Å². The van der Waals surface area contributed by atoms with Crippen LogP contribution in [0.15, 0.2) is 6.33 Å². The lowest BCUT2D eigenvalue weighted by molar-refractivity contribution is -0.137. The number of carbonyl (C=O) groups is 2. The first-order valence-electron chi connectivity index (χ1n) is 6.67. The molecular formula is C12H19N5O3. The number of aromatic nitrogens is 3. The van der Waals surface area contributed by atoms with Crippen LogP contribution < -0.4 is 5.32 Å². The van der Waals surface area contributed by atoms with E-state index in [-0.39, 0.29) is 18.5 Å². The lowest BCUT2D eigenvalue weighted by Crippen LogP contribution is -2.44. The number of likely N-dealkylation sites (tertiary alicyclic amines) is 1. The third-order valence-electron chi connectivity index (χ3n) is 3.32. The molecule has 110 valence electrons. The number of carbonyl (C=O) groups excluding carboxylic acids is 1. The van der Waals surface area contributed by atoms with Crippen molar-refractivity contribution in [1.29, 1.82) is 0 Å². The van der Waals surface area contributed by atoms with Crippen molar-refractivity contribution < 1.29 is 14.7 Å². The molecule has 8 heteroatoms. The van der Waals surface area contributed by atoms with Crippen LogP contribution in [0.2, 0.25) is 0 Å². The maximum Gasteiger partial charge on any atom is 0.317 e. The number of hydrogen-bond donors (Lipinski definition) is 2. The van der Waals surface area contributed by atoms with Gasteiger partial charge in [0.2, 0.25) is 0 Å². The van der Waals surface area contributed by atoms with Gasteiger partial charge in [-0.1, -0.05) is 0 Å². The summed E-state index contributed by atoms with van der Waals surface area (Å²) in [6, 6.07) is -0.398. The summed E-state index contributed by atoms with van der Waals surface area (Å²) >= 11 is 0. The number of nitrogens with zero attached hydrogens (tertiary/aromatic N) is 4. The maximum atomic E-state index is 12.0. The standard InChI is InChI=1S/C12H19N5O3/c1-16-8-14-10(15-16)4-5-13-12(20)17-6-2-3-9(17)7-11(18)19/h8-9H,2-7H2,1H3,(H,13,20)(H,18,19). The zero-order valence-corrected chi connectivity index (χ0v) is 11.4. The predicted molar refractivity (Wildman–Crippen MR) is 70.1 cm³/mol. The number of urea groups is 1. The van der Waals surface area contributed by atoms with E-state index < -0.39 is 5.97 Å². The van der Waals surface area contributed by atoms with E-state index in [1.807, 2.05) is 0 Å². The Bertz CT molecular complexity index is 487. The van der Waals surface area contributed by atoms with Crippen LogP contribution in [0.1, 0.15) is 25.1 Å². The van der Waals surface area contributed by atoms with E-state index in [9.17, 15) is 9.59 Å². The normalized spacial score (nSPS) is 18.2. The Morgan fingerprint density at radius 2 is 2.35 bits per heavy atom. The summed E-state index contributed by atoms with van der Waals surface area (Å²) in [6.45, 7) is 1.06. The number of amides is 2. The third-order valence-corrected chi connectivity index (χ3v) is 3.32. The first-order chi connectivity index (χ1) is 9.56. The molecule has 2 heterocycles. The van der Waals surface area contributed by atoms with E-state index in [2.05, 4.69) is 15.4 Å². The van der Waals surface area contributed by atoms with E-state index in [0.29, 0.717) is 25.3 Å². The van der Waals surface area contributed by atoms with Crippen molar-refractivity contribution in [1.82, 2.24) is 25.0 Å². The molecular weight excluding hydrogens is 262 g/mol. The lowest BCUT2D eigenvalue weighted by Gasteiger charge is -2.23. The average Bonchev–Trinajstić information content (AvgIpc) is 2.98. The summed E-state index contributed by atoms with van der Waals surface area (Å²) in [6.07, 6.45) is 3.79. The molecule has 1 aliphatic rings. The van der Waals surface area contributed by atoms with Crippen molar-refractivity contribution >= 4 is 12.0 Å². The van der Waals surface area contributed by atoms with E-state index in [1.54, 1.807) is 23.0 Å². The van der Waals surface area contributed by atoms with Crippen molar-refractivity contribution in [3.8, 4) is 0 Å². The molecule has 8 nitrogen and oxygen atoms in total. The molecule has 0 aromatic carbocycles. The molecule has 1 fully saturated rings. The largest absolute Gasteiger partial charge is 0.481 e. The number of rotatable bonds is 5. The summed E-state index contributed by atoms with van der Waals surface area (Å²) in [5, 5.41) is 15.7. The first-order valence-corrected chi connectivity index (χ1v) is 6.67. The van der Waals surface area contributed by atoms with Gasteiger partial charge in [-0.25, -0.2) is 9.78 Å². The van der Waals surface area contributed by atoms with Crippen molar-refractivity contribution in [3.05, 3.63) is 12.2 Å². The van der Waals surface area contributed by atoms with Crippen LogP contribution in [0.3, 0.4) is 0 Å². The zero-order chi connectivity index (χ0) is 14.5. The minimum absolute atomic E-state index is 0.00914. The Labute approximate surface area is 116 Å². The van der Waals surface area contributed by atoms with E-state index in [4.69, 9.17) is 5.11 Å². The minimum Gasteiger partial charge on any atom is -0.481 e. The van der Waals surface area contributed by atoms with E-state index >= 15 is 0 Å². The van der Waals surface area contributed by atoms with Gasteiger partial charge < -0.3 is 15.3 Å². The van der Waals surface area contributed by atoms with Crippen LogP contribution in [0, 0.1) is 0 Å². The summed E-state index contributed by atoms with van der Waals surface area (Å²) < 4.78 is 1.61. The second-order valence-corrected chi connectivity index (χ2v) is 4.90. The quantitative estimate of drug-likeness (QED) is 0.791. The SMILES string of the molecule is Cn1cnc(CCNC(=O)N2CCCC2CC(=O)O)n1. The Balaban J connectivity index is 1.77. The van der Waals surface area contributed by atoms with Crippen molar-refractivity contribution in [3.63, 3.8) is 0 Å². The fourth-order valence-corrected chi connectivity index (χ4v) is 2.40. The van der Waals surface area contributed by atoms with Crippen LogP contribution in [-0.4, -0.2) is 55.9 Å². The summed E-state index contributed by atoms with van der Waals surface area (Å²) in [5.41, 5.74) is 0. The van der Waals surface area contributed by atoms with E-state index in [1.165, 1.54) is 0 Å². The van der Waals surface area contributed by atoms with Crippen LogP contribution in [0.25, 0.3) is 0 Å². The molecule has 1 atom stereocenters. The molecule has 20 heavy (non-hydrogen) atoms. The number of carboxylic acids is 1. The molecule has 0 bridgehead atoms. The molecule has 1 aromatic rings. The van der Waals surface area contributed by atoms with Crippen LogP contribution in [-0.2, 0) is 18.3 Å². The van der Waals surface area contributed by atoms with Crippen LogP contribution in [0.5, 0.6) is 0 Å². The minimum atomic E-state index is -0.868. The fraction of sp³-hybridized carbons (Fsp3) is 0.667. The van der Waals surface area contributed by atoms with Gasteiger partial charge in [0.15, 0.2) is 5.82 Å². The van der Waals surface area contributed by atoms with Gasteiger partial charge in [-0.2, -0.15) is 5.10 Å². The Morgan fingerprint density at radius 3 is 3.00 bits per heavy atom. The van der Waals surface area contributed by atoms with Gasteiger partial charge in [0.05, 0.1) is 6.42 Å². The molecule has 0 saturated carbocycles. The fourth-order valence-electron chi connectivity index (χ4n) is 2.40. The zero-order valence-electron chi connectivity index (χ0n) is 11.4. The molecule has 1 aromatic heterocycles. The summed E-state index contributed by atoms with van der Waals surface area (Å²) in [4.78, 5) is 28.4. The summed E-state index contributed by atoms with van der Waals surface area (Å²) in [7, 11) is 1.79. The van der Waals surface area contributed by atoms with Gasteiger partial charge >= 0.3 is 12.0 Å². The molecule has 1 aliphatic heterocycles. The van der Waals surface area contributed by atoms with Crippen LogP contribution in [0.4, 0.5) is 4.79 Å². The Kier molecular flexibility index (Phi) is 4.54. The molecule has 0 aliphatic carbocycles. The van der Waals surface area contributed by atoms with E-state index in [0.717, 1.165) is 12.8 Å². The number of hydrogen-bond acceptors (Lipinski definition) is 4. The second kappa shape index (κ2) is 6.36. The molecule has 2 N–H and O–H groups in total. The topological polar surface area (TPSA) is 100 Å². The average molecular weight is 281 g/mol. The molecule has 0 spiro atoms. The highest BCUT2D eigenvalue weighted by Gasteiger charge is 2.30. The second-order valence-electron chi connectivity index (χ2n) is 4.90. The molecule has 1 saturated heterocycles. The third kappa shape index (κ3) is 3.69. The number of nitrogens with one attached hydrogen (secondary N) is 1. The predicted octanol–water partition coefficient (Wildman–Crippen LogP) is 0.00630. The molecule has 2 rings (SSSR count). The highest BCUT2D eigenvalue weighted by molar-refractivity contribution is 5.76. The van der Waals surface area contributed by atoms with Crippen molar-refractivity contribution in [2.45, 2.75) is 31.7 Å². The number of aliphatic carboxylic acids is 1. The highest BCUT2D eigenvalue weighted by Crippen LogP contribution is 2.19. The number of carboxylic acid groups (broad SMARTS) is 1. The Morgan fingerprint density at radius 1 is 1.55 bits per heavy atom. The van der Waals surface area contributed by atoms with Gasteiger partial charge in [-0.05, 0) is 12.8 Å². The molecule has 2 amide bonds. The van der Waals surface area contributed by atoms with Crippen molar-refractivity contribution in [2.75, 3.05) is 13.1 Å². The molecule has 0 radical (unpaired) electrons. The van der Waals surface area contributed by atoms with Gasteiger partial charge in [0, 0.05) is 32.6 Å². The lowest BCUT2D eigenvalue weighted by atomic mass is 10.1. The molecule has 1 unspecified atom stereocenters. The smallest absolute Gasteiger partial charge is 0.317 e.